The molecule has 0 radical (unpaired) electrons. The summed E-state index contributed by atoms with van der Waals surface area (Å²) in [5, 5.41) is 3.86. The Morgan fingerprint density at radius 2 is 2.00 bits per heavy atom. The first kappa shape index (κ1) is 13.5. The van der Waals surface area contributed by atoms with Gasteiger partial charge >= 0.3 is 0 Å². The van der Waals surface area contributed by atoms with E-state index in [0.29, 0.717) is 11.1 Å². The maximum absolute atomic E-state index is 14.0. The van der Waals surface area contributed by atoms with E-state index in [1.165, 1.54) is 22.7 Å². The zero-order valence-electron chi connectivity index (χ0n) is 11.0. The molecule has 108 valence electrons. The van der Waals surface area contributed by atoms with E-state index in [9.17, 15) is 12.8 Å². The van der Waals surface area contributed by atoms with Gasteiger partial charge in [0, 0.05) is 18.0 Å². The van der Waals surface area contributed by atoms with Gasteiger partial charge in [-0.15, -0.1) is 5.10 Å². The number of fused-ring (bicyclic) bond motifs is 1. The third kappa shape index (κ3) is 2.45. The van der Waals surface area contributed by atoms with Crippen molar-refractivity contribution >= 4 is 21.4 Å². The molecule has 0 bridgehead atoms. The maximum atomic E-state index is 14.0. The topological polar surface area (TPSA) is 90.3 Å². The average molecular weight is 306 g/mol. The van der Waals surface area contributed by atoms with Crippen molar-refractivity contribution in [3.63, 3.8) is 0 Å². The molecule has 3 aromatic rings. The van der Waals surface area contributed by atoms with Gasteiger partial charge in [-0.1, -0.05) is 12.1 Å². The first-order valence-electron chi connectivity index (χ1n) is 5.96. The van der Waals surface area contributed by atoms with E-state index in [0.717, 1.165) is 6.26 Å². The molecule has 0 saturated carbocycles. The Balaban J connectivity index is 2.21. The fourth-order valence-corrected chi connectivity index (χ4v) is 2.69. The standard InChI is InChI=1S/C13H11FN4O2S/c1-21(19,20)10-4-2-3-8(5-10)9-6-11(14)12-16-13(15)17-18(12)7-9/h2-7H,1H3,(H2,15,17). The van der Waals surface area contributed by atoms with Crippen LogP contribution in [0.3, 0.4) is 0 Å². The number of hydrogen-bond acceptors (Lipinski definition) is 5. The summed E-state index contributed by atoms with van der Waals surface area (Å²) in [6.07, 6.45) is 2.66. The van der Waals surface area contributed by atoms with Crippen molar-refractivity contribution in [2.75, 3.05) is 12.0 Å². The minimum atomic E-state index is -3.33. The molecule has 6 nitrogen and oxygen atoms in total. The van der Waals surface area contributed by atoms with Gasteiger partial charge in [-0.3, -0.25) is 0 Å². The van der Waals surface area contributed by atoms with E-state index in [4.69, 9.17) is 5.73 Å². The number of halogens is 1. The quantitative estimate of drug-likeness (QED) is 0.775. The van der Waals surface area contributed by atoms with Crippen molar-refractivity contribution in [3.8, 4) is 11.1 Å². The van der Waals surface area contributed by atoms with E-state index in [1.807, 2.05) is 0 Å². The fraction of sp³-hybridized carbons (Fsp3) is 0.0769. The van der Waals surface area contributed by atoms with Gasteiger partial charge in [0.2, 0.25) is 5.95 Å². The molecule has 8 heteroatoms. The summed E-state index contributed by atoms with van der Waals surface area (Å²) < 4.78 is 38.4. The van der Waals surface area contributed by atoms with Crippen LogP contribution in [-0.4, -0.2) is 29.3 Å². The number of hydrogen-bond donors (Lipinski definition) is 1. The fourth-order valence-electron chi connectivity index (χ4n) is 2.03. The van der Waals surface area contributed by atoms with E-state index in [-0.39, 0.29) is 16.5 Å². The van der Waals surface area contributed by atoms with Crippen molar-refractivity contribution in [2.24, 2.45) is 0 Å². The number of nitrogens with two attached hydrogens (primary N) is 1. The Kier molecular flexibility index (Phi) is 2.91. The minimum Gasteiger partial charge on any atom is -0.366 e. The molecule has 2 aromatic heterocycles. The zero-order valence-corrected chi connectivity index (χ0v) is 11.8. The Bertz CT molecular complexity index is 950. The Hall–Kier alpha value is -2.48. The summed E-state index contributed by atoms with van der Waals surface area (Å²) >= 11 is 0. The number of sulfone groups is 1. The molecule has 0 spiro atoms. The number of benzene rings is 1. The largest absolute Gasteiger partial charge is 0.366 e. The van der Waals surface area contributed by atoms with Crippen LogP contribution in [0.2, 0.25) is 0 Å². The molecule has 0 atom stereocenters. The second-order valence-corrected chi connectivity index (χ2v) is 6.63. The van der Waals surface area contributed by atoms with Crippen LogP contribution in [0.25, 0.3) is 16.8 Å². The van der Waals surface area contributed by atoms with Crippen LogP contribution in [-0.2, 0) is 9.84 Å². The third-order valence-electron chi connectivity index (χ3n) is 3.00. The summed E-state index contributed by atoms with van der Waals surface area (Å²) in [5.41, 5.74) is 6.51. The van der Waals surface area contributed by atoms with Gasteiger partial charge in [0.25, 0.3) is 0 Å². The van der Waals surface area contributed by atoms with E-state index in [1.54, 1.807) is 18.3 Å². The highest BCUT2D eigenvalue weighted by atomic mass is 32.2. The lowest BCUT2D eigenvalue weighted by Crippen LogP contribution is -1.98. The lowest BCUT2D eigenvalue weighted by Gasteiger charge is -2.05. The lowest BCUT2D eigenvalue weighted by atomic mass is 10.1. The van der Waals surface area contributed by atoms with Gasteiger partial charge in [-0.05, 0) is 23.8 Å². The minimum absolute atomic E-state index is 0.0236. The van der Waals surface area contributed by atoms with Crippen LogP contribution in [0, 0.1) is 5.82 Å². The predicted octanol–water partition coefficient (Wildman–Crippen LogP) is 1.52. The molecule has 0 amide bonds. The second-order valence-electron chi connectivity index (χ2n) is 4.61. The monoisotopic (exact) mass is 306 g/mol. The Morgan fingerprint density at radius 1 is 1.24 bits per heavy atom. The lowest BCUT2D eigenvalue weighted by molar-refractivity contribution is 0.602. The summed E-state index contributed by atoms with van der Waals surface area (Å²) in [7, 11) is -3.33. The van der Waals surface area contributed by atoms with Crippen LogP contribution < -0.4 is 5.73 Å². The van der Waals surface area contributed by atoms with Crippen LogP contribution >= 0.6 is 0 Å². The van der Waals surface area contributed by atoms with Gasteiger partial charge in [0.05, 0.1) is 4.90 Å². The number of pyridine rings is 1. The van der Waals surface area contributed by atoms with E-state index in [2.05, 4.69) is 10.1 Å². The number of nitrogen functional groups attached to an aromatic ring is 1. The van der Waals surface area contributed by atoms with Gasteiger partial charge < -0.3 is 5.73 Å². The zero-order chi connectivity index (χ0) is 15.2. The highest BCUT2D eigenvalue weighted by Crippen LogP contribution is 2.24. The summed E-state index contributed by atoms with van der Waals surface area (Å²) in [4.78, 5) is 3.93. The van der Waals surface area contributed by atoms with Gasteiger partial charge in [-0.2, -0.15) is 4.98 Å². The molecule has 0 aliphatic rings. The predicted molar refractivity (Wildman–Crippen MR) is 75.9 cm³/mol. The van der Waals surface area contributed by atoms with E-state index >= 15 is 0 Å². The van der Waals surface area contributed by atoms with E-state index < -0.39 is 15.7 Å². The van der Waals surface area contributed by atoms with Gasteiger partial charge in [0.15, 0.2) is 21.3 Å². The van der Waals surface area contributed by atoms with Crippen molar-refractivity contribution in [1.29, 1.82) is 0 Å². The molecule has 1 aromatic carbocycles. The van der Waals surface area contributed by atoms with Crippen LogP contribution in [0.5, 0.6) is 0 Å². The second kappa shape index (κ2) is 4.52. The molecule has 2 N–H and O–H groups in total. The molecule has 21 heavy (non-hydrogen) atoms. The van der Waals surface area contributed by atoms with Gasteiger partial charge in [-0.25, -0.2) is 17.3 Å². The third-order valence-corrected chi connectivity index (χ3v) is 4.11. The number of rotatable bonds is 2. The van der Waals surface area contributed by atoms with Crippen molar-refractivity contribution in [2.45, 2.75) is 4.90 Å². The number of nitrogens with zero attached hydrogens (tertiary/aromatic N) is 3. The molecule has 2 heterocycles. The molecular weight excluding hydrogens is 295 g/mol. The van der Waals surface area contributed by atoms with Crippen molar-refractivity contribution in [3.05, 3.63) is 42.3 Å². The number of anilines is 1. The molecular formula is C13H11FN4O2S. The van der Waals surface area contributed by atoms with Crippen LogP contribution in [0.4, 0.5) is 10.3 Å². The molecule has 0 unspecified atom stereocenters. The highest BCUT2D eigenvalue weighted by Gasteiger charge is 2.12. The van der Waals surface area contributed by atoms with Crippen LogP contribution in [0.15, 0.2) is 41.4 Å². The van der Waals surface area contributed by atoms with Gasteiger partial charge in [0.1, 0.15) is 0 Å². The van der Waals surface area contributed by atoms with Crippen molar-refractivity contribution < 1.29 is 12.8 Å². The summed E-state index contributed by atoms with van der Waals surface area (Å²) in [6.45, 7) is 0. The number of aromatic nitrogens is 3. The first-order valence-corrected chi connectivity index (χ1v) is 7.85. The Morgan fingerprint density at radius 3 is 2.71 bits per heavy atom. The molecule has 3 rings (SSSR count). The molecule has 0 saturated heterocycles. The normalized spacial score (nSPS) is 11.9. The molecule has 0 aliphatic heterocycles. The first-order chi connectivity index (χ1) is 9.84. The Labute approximate surface area is 120 Å². The summed E-state index contributed by atoms with van der Waals surface area (Å²) in [5.74, 6) is -0.614. The van der Waals surface area contributed by atoms with Crippen molar-refractivity contribution in [1.82, 2.24) is 14.6 Å². The highest BCUT2D eigenvalue weighted by molar-refractivity contribution is 7.90. The molecule has 0 fully saturated rings. The summed E-state index contributed by atoms with van der Waals surface area (Å²) in [6, 6.07) is 7.53. The average Bonchev–Trinajstić information content (AvgIpc) is 2.79. The smallest absolute Gasteiger partial charge is 0.240 e. The maximum Gasteiger partial charge on any atom is 0.240 e. The molecule has 0 aliphatic carbocycles. The van der Waals surface area contributed by atoms with Crippen LogP contribution in [0.1, 0.15) is 0 Å². The SMILES string of the molecule is CS(=O)(=O)c1cccc(-c2cc(F)c3nc(N)nn3c2)c1.